The van der Waals surface area contributed by atoms with Gasteiger partial charge in [-0.2, -0.15) is 9.57 Å². The van der Waals surface area contributed by atoms with E-state index >= 15 is 0 Å². The number of rotatable bonds is 8. The summed E-state index contributed by atoms with van der Waals surface area (Å²) in [5, 5.41) is 8.88. The van der Waals surface area contributed by atoms with Gasteiger partial charge in [-0.15, -0.1) is 0 Å². The van der Waals surface area contributed by atoms with Crippen LogP contribution in [0.1, 0.15) is 22.3 Å². The summed E-state index contributed by atoms with van der Waals surface area (Å²) in [6.45, 7) is 2.03. The van der Waals surface area contributed by atoms with Crippen LogP contribution in [0.25, 0.3) is 0 Å². The minimum Gasteiger partial charge on any atom is -0.452 e. The highest BCUT2D eigenvalue weighted by Gasteiger charge is 2.28. The molecule has 1 amide bonds. The fraction of sp³-hybridized carbons (Fsp3) is 0.348. The molecule has 1 fully saturated rings. The minimum atomic E-state index is -3.82. The van der Waals surface area contributed by atoms with Gasteiger partial charge in [0.1, 0.15) is 5.82 Å². The standard InChI is InChI=1S/C23H24FN3O6S/c1-17-3-8-20(34(30,31)26-11-13-32-14-12-26)15-21(17)23(29)33-16-22(28)27(10-2-9-25)19-6-4-18(24)5-7-19/h3-8,15H,2,10-14,16H2,1H3. The van der Waals surface area contributed by atoms with E-state index in [0.717, 1.165) is 0 Å². The molecule has 0 N–H and O–H groups in total. The molecule has 11 heteroatoms. The average Bonchev–Trinajstić information content (AvgIpc) is 2.84. The van der Waals surface area contributed by atoms with E-state index in [-0.39, 0.29) is 36.5 Å². The van der Waals surface area contributed by atoms with Crippen molar-refractivity contribution in [2.75, 3.05) is 44.4 Å². The second kappa shape index (κ2) is 11.2. The fourth-order valence-corrected chi connectivity index (χ4v) is 4.82. The van der Waals surface area contributed by atoms with E-state index in [1.54, 1.807) is 6.92 Å². The molecule has 0 unspecified atom stereocenters. The van der Waals surface area contributed by atoms with Gasteiger partial charge in [0.15, 0.2) is 6.61 Å². The zero-order chi connectivity index (χ0) is 24.7. The molecule has 0 atom stereocenters. The minimum absolute atomic E-state index is 0.0208. The first-order chi connectivity index (χ1) is 16.2. The number of benzene rings is 2. The molecule has 2 aromatic carbocycles. The Morgan fingerprint density at radius 2 is 1.85 bits per heavy atom. The SMILES string of the molecule is Cc1ccc(S(=O)(=O)N2CCOCC2)cc1C(=O)OCC(=O)N(CCC#N)c1ccc(F)cc1. The molecule has 1 aliphatic rings. The predicted octanol–water partition coefficient (Wildman–Crippen LogP) is 2.26. The number of anilines is 1. The molecule has 1 heterocycles. The smallest absolute Gasteiger partial charge is 0.338 e. The number of nitriles is 1. The third kappa shape index (κ3) is 5.96. The molecule has 34 heavy (non-hydrogen) atoms. The fourth-order valence-electron chi connectivity index (χ4n) is 3.38. The number of amides is 1. The lowest BCUT2D eigenvalue weighted by molar-refractivity contribution is -0.121. The summed E-state index contributed by atoms with van der Waals surface area (Å²) in [6.07, 6.45) is 0.0254. The Morgan fingerprint density at radius 3 is 2.50 bits per heavy atom. The van der Waals surface area contributed by atoms with Crippen molar-refractivity contribution < 1.29 is 31.9 Å². The van der Waals surface area contributed by atoms with Gasteiger partial charge in [0.05, 0.1) is 36.2 Å². The zero-order valence-electron chi connectivity index (χ0n) is 18.6. The van der Waals surface area contributed by atoms with Gasteiger partial charge < -0.3 is 14.4 Å². The maximum atomic E-state index is 13.2. The van der Waals surface area contributed by atoms with E-state index < -0.39 is 34.3 Å². The highest BCUT2D eigenvalue weighted by atomic mass is 32.2. The molecule has 180 valence electrons. The number of esters is 1. The number of morpholine rings is 1. The van der Waals surface area contributed by atoms with Crippen LogP contribution in [0, 0.1) is 24.1 Å². The molecule has 3 rings (SSSR count). The predicted molar refractivity (Wildman–Crippen MR) is 120 cm³/mol. The Hall–Kier alpha value is -3.33. The summed E-state index contributed by atoms with van der Waals surface area (Å²) >= 11 is 0. The summed E-state index contributed by atoms with van der Waals surface area (Å²) in [5.41, 5.74) is 0.859. The van der Waals surface area contributed by atoms with Crippen molar-refractivity contribution in [2.45, 2.75) is 18.2 Å². The highest BCUT2D eigenvalue weighted by molar-refractivity contribution is 7.89. The second-order valence-electron chi connectivity index (χ2n) is 7.50. The maximum absolute atomic E-state index is 13.2. The molecule has 0 aromatic heterocycles. The molecule has 1 saturated heterocycles. The van der Waals surface area contributed by atoms with E-state index in [4.69, 9.17) is 14.7 Å². The average molecular weight is 490 g/mol. The van der Waals surface area contributed by atoms with Crippen LogP contribution in [0.3, 0.4) is 0 Å². The van der Waals surface area contributed by atoms with Gasteiger partial charge in [-0.3, -0.25) is 4.79 Å². The molecule has 0 spiro atoms. The first-order valence-corrected chi connectivity index (χ1v) is 12.0. The first kappa shape index (κ1) is 25.3. The van der Waals surface area contributed by atoms with Crippen molar-refractivity contribution in [1.29, 1.82) is 5.26 Å². The number of ether oxygens (including phenoxy) is 2. The van der Waals surface area contributed by atoms with Crippen LogP contribution < -0.4 is 4.90 Å². The van der Waals surface area contributed by atoms with Gasteiger partial charge in [-0.1, -0.05) is 6.07 Å². The number of aryl methyl sites for hydroxylation is 1. The van der Waals surface area contributed by atoms with Gasteiger partial charge in [-0.05, 0) is 48.9 Å². The van der Waals surface area contributed by atoms with E-state index in [1.807, 2.05) is 6.07 Å². The molecular weight excluding hydrogens is 465 g/mol. The Labute approximate surface area is 197 Å². The van der Waals surface area contributed by atoms with E-state index in [9.17, 15) is 22.4 Å². The molecule has 1 aliphatic heterocycles. The van der Waals surface area contributed by atoms with Gasteiger partial charge >= 0.3 is 5.97 Å². The lowest BCUT2D eigenvalue weighted by Crippen LogP contribution is -2.40. The topological polar surface area (TPSA) is 117 Å². The van der Waals surface area contributed by atoms with Crippen molar-refractivity contribution >= 4 is 27.6 Å². The lowest BCUT2D eigenvalue weighted by Gasteiger charge is -2.26. The van der Waals surface area contributed by atoms with E-state index in [0.29, 0.717) is 24.5 Å². The number of hydrogen-bond donors (Lipinski definition) is 0. The second-order valence-corrected chi connectivity index (χ2v) is 9.44. The molecule has 0 radical (unpaired) electrons. The van der Waals surface area contributed by atoms with Gasteiger partial charge in [0, 0.05) is 25.3 Å². The highest BCUT2D eigenvalue weighted by Crippen LogP contribution is 2.22. The third-order valence-electron chi connectivity index (χ3n) is 5.25. The monoisotopic (exact) mass is 489 g/mol. The van der Waals surface area contributed by atoms with Gasteiger partial charge in [0.25, 0.3) is 5.91 Å². The van der Waals surface area contributed by atoms with Crippen LogP contribution in [-0.4, -0.2) is 64.1 Å². The summed E-state index contributed by atoms with van der Waals surface area (Å²) < 4.78 is 50.7. The number of hydrogen-bond acceptors (Lipinski definition) is 7. The summed E-state index contributed by atoms with van der Waals surface area (Å²) in [6, 6.07) is 11.2. The maximum Gasteiger partial charge on any atom is 0.338 e. The van der Waals surface area contributed by atoms with Crippen LogP contribution in [0.15, 0.2) is 47.4 Å². The Bertz CT molecular complexity index is 1190. The van der Waals surface area contributed by atoms with Crippen LogP contribution in [0.4, 0.5) is 10.1 Å². The Morgan fingerprint density at radius 1 is 1.18 bits per heavy atom. The summed E-state index contributed by atoms with van der Waals surface area (Å²) in [5.74, 6) is -1.94. The summed E-state index contributed by atoms with van der Waals surface area (Å²) in [7, 11) is -3.82. The quantitative estimate of drug-likeness (QED) is 0.522. The lowest BCUT2D eigenvalue weighted by atomic mass is 10.1. The molecule has 9 nitrogen and oxygen atoms in total. The number of halogens is 1. The van der Waals surface area contributed by atoms with Gasteiger partial charge in [-0.25, -0.2) is 17.6 Å². The van der Waals surface area contributed by atoms with Crippen LogP contribution in [0.5, 0.6) is 0 Å². The van der Waals surface area contributed by atoms with Gasteiger partial charge in [0.2, 0.25) is 10.0 Å². The van der Waals surface area contributed by atoms with E-state index in [2.05, 4.69) is 0 Å². The zero-order valence-corrected chi connectivity index (χ0v) is 19.4. The van der Waals surface area contributed by atoms with Crippen molar-refractivity contribution in [2.24, 2.45) is 0 Å². The third-order valence-corrected chi connectivity index (χ3v) is 7.14. The van der Waals surface area contributed by atoms with Crippen molar-refractivity contribution in [3.05, 3.63) is 59.4 Å². The number of carbonyl (C=O) groups excluding carboxylic acids is 2. The molecular formula is C23H24FN3O6S. The summed E-state index contributed by atoms with van der Waals surface area (Å²) in [4.78, 5) is 26.6. The van der Waals surface area contributed by atoms with Crippen molar-refractivity contribution in [3.8, 4) is 6.07 Å². The number of carbonyl (C=O) groups is 2. The van der Waals surface area contributed by atoms with Crippen molar-refractivity contribution in [1.82, 2.24) is 4.31 Å². The molecule has 0 saturated carbocycles. The normalized spacial score (nSPS) is 14.3. The van der Waals surface area contributed by atoms with Crippen molar-refractivity contribution in [3.63, 3.8) is 0 Å². The molecule has 0 aliphatic carbocycles. The molecule has 2 aromatic rings. The number of nitrogens with zero attached hydrogens (tertiary/aromatic N) is 3. The Balaban J connectivity index is 1.74. The van der Waals surface area contributed by atoms with Crippen LogP contribution in [-0.2, 0) is 24.3 Å². The molecule has 0 bridgehead atoms. The van der Waals surface area contributed by atoms with E-state index in [1.165, 1.54) is 51.7 Å². The Kier molecular flexibility index (Phi) is 8.33. The number of sulfonamides is 1. The van der Waals surface area contributed by atoms with Crippen LogP contribution in [0.2, 0.25) is 0 Å². The largest absolute Gasteiger partial charge is 0.452 e. The van der Waals surface area contributed by atoms with Crippen LogP contribution >= 0.6 is 0 Å². The first-order valence-electron chi connectivity index (χ1n) is 10.5.